The smallest absolute Gasteiger partial charge is 0.123 e. The van der Waals surface area contributed by atoms with Crippen molar-refractivity contribution in [3.05, 3.63) is 35.6 Å². The molecule has 2 unspecified atom stereocenters. The quantitative estimate of drug-likeness (QED) is 0.776. The summed E-state index contributed by atoms with van der Waals surface area (Å²) in [6.45, 7) is -0.668. The van der Waals surface area contributed by atoms with Gasteiger partial charge in [-0.05, 0) is 24.1 Å². The van der Waals surface area contributed by atoms with E-state index in [4.69, 9.17) is 5.73 Å². The fourth-order valence-electron chi connectivity index (χ4n) is 1.17. The first kappa shape index (κ1) is 11.1. The lowest BCUT2D eigenvalue weighted by atomic mass is 10.0. The fourth-order valence-corrected chi connectivity index (χ4v) is 1.17. The monoisotopic (exact) mass is 201 g/mol. The highest BCUT2D eigenvalue weighted by molar-refractivity contribution is 5.18. The van der Waals surface area contributed by atoms with Crippen LogP contribution in [0.3, 0.4) is 0 Å². The van der Waals surface area contributed by atoms with E-state index in [9.17, 15) is 13.9 Å². The minimum atomic E-state index is -0.832. The number of aliphatic hydroxyl groups excluding tert-OH is 1. The van der Waals surface area contributed by atoms with Crippen molar-refractivity contribution in [2.45, 2.75) is 18.6 Å². The van der Waals surface area contributed by atoms with Crippen LogP contribution in [-0.2, 0) is 0 Å². The number of alkyl halides is 1. The van der Waals surface area contributed by atoms with E-state index < -0.39 is 18.8 Å². The lowest BCUT2D eigenvalue weighted by molar-refractivity contribution is 0.152. The molecule has 0 saturated carbocycles. The van der Waals surface area contributed by atoms with Crippen molar-refractivity contribution in [2.24, 2.45) is 5.73 Å². The molecule has 0 aromatic heterocycles. The number of nitrogens with two attached hydrogens (primary N) is 1. The van der Waals surface area contributed by atoms with Gasteiger partial charge in [-0.2, -0.15) is 0 Å². The molecule has 0 aliphatic heterocycles. The maximum atomic E-state index is 12.5. The predicted octanol–water partition coefficient (Wildman–Crippen LogP) is 1.55. The summed E-state index contributed by atoms with van der Waals surface area (Å²) in [6.07, 6.45) is -0.691. The summed E-state index contributed by atoms with van der Waals surface area (Å²) in [6, 6.07) is 4.75. The summed E-state index contributed by atoms with van der Waals surface area (Å²) in [7, 11) is 0. The molecule has 0 aliphatic carbocycles. The van der Waals surface area contributed by atoms with E-state index in [1.54, 1.807) is 0 Å². The molecule has 4 heteroatoms. The van der Waals surface area contributed by atoms with Crippen molar-refractivity contribution in [3.8, 4) is 0 Å². The molecule has 0 bridgehead atoms. The van der Waals surface area contributed by atoms with Crippen LogP contribution in [0, 0.1) is 5.82 Å². The second-order valence-corrected chi connectivity index (χ2v) is 3.22. The summed E-state index contributed by atoms with van der Waals surface area (Å²) in [5.41, 5.74) is 5.88. The zero-order chi connectivity index (χ0) is 10.6. The Bertz CT molecular complexity index is 276. The highest BCUT2D eigenvalue weighted by Crippen LogP contribution is 2.17. The summed E-state index contributed by atoms with van der Waals surface area (Å²) in [4.78, 5) is 0. The first-order valence-corrected chi connectivity index (χ1v) is 4.38. The number of rotatable bonds is 4. The Morgan fingerprint density at radius 1 is 1.29 bits per heavy atom. The topological polar surface area (TPSA) is 46.2 Å². The first-order chi connectivity index (χ1) is 6.63. The van der Waals surface area contributed by atoms with Gasteiger partial charge in [0.15, 0.2) is 0 Å². The van der Waals surface area contributed by atoms with E-state index in [0.29, 0.717) is 5.56 Å². The molecule has 1 aromatic carbocycles. The lowest BCUT2D eigenvalue weighted by Crippen LogP contribution is -2.24. The maximum absolute atomic E-state index is 12.5. The summed E-state index contributed by atoms with van der Waals surface area (Å²) in [5, 5.41) is 9.54. The Kier molecular flexibility index (Phi) is 3.98. The molecule has 0 saturated heterocycles. The third-order valence-electron chi connectivity index (χ3n) is 1.98. The molecule has 1 rings (SSSR count). The standard InChI is InChI=1S/C10H13F2NO/c11-6-9(13)5-10(14)7-1-3-8(12)4-2-7/h1-4,9-10,14H,5-6,13H2. The van der Waals surface area contributed by atoms with Gasteiger partial charge in [0, 0.05) is 6.04 Å². The number of benzene rings is 1. The van der Waals surface area contributed by atoms with Gasteiger partial charge in [0.2, 0.25) is 0 Å². The lowest BCUT2D eigenvalue weighted by Gasteiger charge is -2.13. The molecule has 2 nitrogen and oxygen atoms in total. The van der Waals surface area contributed by atoms with Crippen molar-refractivity contribution in [2.75, 3.05) is 6.67 Å². The van der Waals surface area contributed by atoms with Gasteiger partial charge in [0.25, 0.3) is 0 Å². The van der Waals surface area contributed by atoms with Gasteiger partial charge in [0.05, 0.1) is 6.10 Å². The van der Waals surface area contributed by atoms with Crippen LogP contribution in [0.25, 0.3) is 0 Å². The minimum Gasteiger partial charge on any atom is -0.388 e. The van der Waals surface area contributed by atoms with Crippen LogP contribution >= 0.6 is 0 Å². The molecule has 78 valence electrons. The van der Waals surface area contributed by atoms with Crippen LogP contribution in [0.4, 0.5) is 8.78 Å². The molecule has 1 aromatic rings. The van der Waals surface area contributed by atoms with Gasteiger partial charge in [-0.1, -0.05) is 12.1 Å². The molecule has 0 radical (unpaired) electrons. The van der Waals surface area contributed by atoms with Gasteiger partial charge in [-0.15, -0.1) is 0 Å². The summed E-state index contributed by atoms with van der Waals surface area (Å²) in [5.74, 6) is -0.365. The van der Waals surface area contributed by atoms with Crippen LogP contribution in [0.2, 0.25) is 0 Å². The van der Waals surface area contributed by atoms with E-state index in [2.05, 4.69) is 0 Å². The van der Waals surface area contributed by atoms with Crippen LogP contribution in [0.1, 0.15) is 18.1 Å². The van der Waals surface area contributed by atoms with Crippen molar-refractivity contribution in [3.63, 3.8) is 0 Å². The molecule has 0 amide bonds. The normalized spacial score (nSPS) is 15.1. The highest BCUT2D eigenvalue weighted by Gasteiger charge is 2.12. The molecule has 0 aliphatic rings. The van der Waals surface area contributed by atoms with Gasteiger partial charge >= 0.3 is 0 Å². The second-order valence-electron chi connectivity index (χ2n) is 3.22. The third-order valence-corrected chi connectivity index (χ3v) is 1.98. The van der Waals surface area contributed by atoms with E-state index in [1.165, 1.54) is 24.3 Å². The van der Waals surface area contributed by atoms with Crippen molar-refractivity contribution < 1.29 is 13.9 Å². The highest BCUT2D eigenvalue weighted by atomic mass is 19.1. The fraction of sp³-hybridized carbons (Fsp3) is 0.400. The number of aliphatic hydroxyl groups is 1. The Morgan fingerprint density at radius 2 is 1.86 bits per heavy atom. The van der Waals surface area contributed by atoms with Gasteiger partial charge in [-0.3, -0.25) is 0 Å². The SMILES string of the molecule is NC(CF)CC(O)c1ccc(F)cc1. The molecule has 0 fully saturated rings. The molecule has 14 heavy (non-hydrogen) atoms. The van der Waals surface area contributed by atoms with Gasteiger partial charge in [0.1, 0.15) is 12.5 Å². The largest absolute Gasteiger partial charge is 0.388 e. The molecule has 0 spiro atoms. The van der Waals surface area contributed by atoms with Gasteiger partial charge < -0.3 is 10.8 Å². The third kappa shape index (κ3) is 3.05. The van der Waals surface area contributed by atoms with E-state index in [-0.39, 0.29) is 12.2 Å². The van der Waals surface area contributed by atoms with E-state index in [1.807, 2.05) is 0 Å². The van der Waals surface area contributed by atoms with Crippen molar-refractivity contribution in [1.29, 1.82) is 0 Å². The molecular formula is C10H13F2NO. The number of hydrogen-bond donors (Lipinski definition) is 2. The van der Waals surface area contributed by atoms with E-state index in [0.717, 1.165) is 0 Å². The molecule has 2 atom stereocenters. The van der Waals surface area contributed by atoms with Crippen LogP contribution in [0.15, 0.2) is 24.3 Å². The van der Waals surface area contributed by atoms with Gasteiger partial charge in [-0.25, -0.2) is 8.78 Å². The number of halogens is 2. The number of hydrogen-bond acceptors (Lipinski definition) is 2. The van der Waals surface area contributed by atoms with Crippen molar-refractivity contribution in [1.82, 2.24) is 0 Å². The Balaban J connectivity index is 2.60. The summed E-state index contributed by atoms with van der Waals surface area (Å²) >= 11 is 0. The molecule has 3 N–H and O–H groups in total. The first-order valence-electron chi connectivity index (χ1n) is 4.38. The van der Waals surface area contributed by atoms with Crippen molar-refractivity contribution >= 4 is 0 Å². The average Bonchev–Trinajstić information content (AvgIpc) is 2.18. The maximum Gasteiger partial charge on any atom is 0.123 e. The average molecular weight is 201 g/mol. The van der Waals surface area contributed by atoms with Crippen LogP contribution in [0.5, 0.6) is 0 Å². The second kappa shape index (κ2) is 5.02. The zero-order valence-electron chi connectivity index (χ0n) is 7.66. The zero-order valence-corrected chi connectivity index (χ0v) is 7.66. The van der Waals surface area contributed by atoms with E-state index >= 15 is 0 Å². The minimum absolute atomic E-state index is 0.141. The Labute approximate surface area is 81.4 Å². The molecular weight excluding hydrogens is 188 g/mol. The van der Waals surface area contributed by atoms with Crippen LogP contribution in [-0.4, -0.2) is 17.8 Å². The summed E-state index contributed by atoms with van der Waals surface area (Å²) < 4.78 is 24.5. The Hall–Kier alpha value is -1.00. The molecule has 0 heterocycles. The van der Waals surface area contributed by atoms with Crippen LogP contribution < -0.4 is 5.73 Å². The predicted molar refractivity (Wildman–Crippen MR) is 49.9 cm³/mol. The Morgan fingerprint density at radius 3 is 2.36 bits per heavy atom.